The van der Waals surface area contributed by atoms with Gasteiger partial charge in [0.25, 0.3) is 0 Å². The van der Waals surface area contributed by atoms with Crippen LogP contribution in [0.15, 0.2) is 0 Å². The van der Waals surface area contributed by atoms with E-state index in [-0.39, 0.29) is 0 Å². The van der Waals surface area contributed by atoms with E-state index in [4.69, 9.17) is 9.05 Å². The van der Waals surface area contributed by atoms with Crippen LogP contribution >= 0.6 is 7.60 Å². The zero-order valence-electron chi connectivity index (χ0n) is 15.8. The molecular weight excluding hydrogens is 295 g/mol. The lowest BCUT2D eigenvalue weighted by atomic mass is 10.1. The molecule has 0 aromatic rings. The van der Waals surface area contributed by atoms with Crippen LogP contribution in [-0.2, 0) is 13.6 Å². The first-order valence-electron chi connectivity index (χ1n) is 9.36. The molecule has 0 radical (unpaired) electrons. The van der Waals surface area contributed by atoms with Crippen LogP contribution in [0.25, 0.3) is 0 Å². The lowest BCUT2D eigenvalue weighted by Gasteiger charge is -2.26. The minimum Gasteiger partial charge on any atom is -0.308 e. The van der Waals surface area contributed by atoms with Crippen molar-refractivity contribution in [1.82, 2.24) is 0 Å². The summed E-state index contributed by atoms with van der Waals surface area (Å²) in [5, 5.41) is 0. The second-order valence-electron chi connectivity index (χ2n) is 6.43. The quantitative estimate of drug-likeness (QED) is 0.339. The fourth-order valence-corrected chi connectivity index (χ4v) is 4.80. The summed E-state index contributed by atoms with van der Waals surface area (Å²) in [5.74, 6) is 1.38. The normalized spacial score (nSPS) is 12.8. The van der Waals surface area contributed by atoms with E-state index in [0.29, 0.717) is 37.1 Å². The van der Waals surface area contributed by atoms with Gasteiger partial charge in [-0.3, -0.25) is 4.57 Å². The van der Waals surface area contributed by atoms with Crippen molar-refractivity contribution in [1.29, 1.82) is 0 Å². The van der Waals surface area contributed by atoms with Crippen LogP contribution in [-0.4, -0.2) is 19.4 Å². The molecule has 0 aromatic heterocycles. The highest BCUT2D eigenvalue weighted by Gasteiger charge is 2.29. The summed E-state index contributed by atoms with van der Waals surface area (Å²) in [7, 11) is -2.97. The molecule has 0 spiro atoms. The molecule has 0 aromatic carbocycles. The monoisotopic (exact) mass is 334 g/mol. The second-order valence-corrected chi connectivity index (χ2v) is 8.54. The second kappa shape index (κ2) is 12.6. The van der Waals surface area contributed by atoms with Crippen molar-refractivity contribution in [3.8, 4) is 0 Å². The van der Waals surface area contributed by atoms with Crippen LogP contribution in [0.4, 0.5) is 0 Å². The Balaban J connectivity index is 4.76. The van der Waals surface area contributed by atoms with Gasteiger partial charge in [-0.2, -0.15) is 0 Å². The van der Waals surface area contributed by atoms with Crippen molar-refractivity contribution >= 4 is 7.60 Å². The topological polar surface area (TPSA) is 35.5 Å². The van der Waals surface area contributed by atoms with E-state index in [9.17, 15) is 4.57 Å². The smallest absolute Gasteiger partial charge is 0.308 e. The SMILES string of the molecule is CCC(CC)COP(=O)(CC(CC)CC)OCC(CC)CC. The number of hydrogen-bond donors (Lipinski definition) is 0. The zero-order valence-corrected chi connectivity index (χ0v) is 16.7. The third kappa shape index (κ3) is 8.70. The fourth-order valence-electron chi connectivity index (χ4n) is 2.49. The molecule has 3 nitrogen and oxygen atoms in total. The van der Waals surface area contributed by atoms with Crippen molar-refractivity contribution in [3.63, 3.8) is 0 Å². The predicted octanol–water partition coefficient (Wildman–Crippen LogP) is 6.52. The number of hydrogen-bond acceptors (Lipinski definition) is 3. The van der Waals surface area contributed by atoms with E-state index in [1.165, 1.54) is 0 Å². The molecule has 4 heteroatoms. The molecule has 0 aliphatic heterocycles. The molecular formula is C18H39O3P. The first-order chi connectivity index (χ1) is 10.5. The van der Waals surface area contributed by atoms with Gasteiger partial charge in [0.1, 0.15) is 0 Å². The van der Waals surface area contributed by atoms with Crippen LogP contribution < -0.4 is 0 Å². The summed E-state index contributed by atoms with van der Waals surface area (Å²) in [6.07, 6.45) is 6.89. The average molecular weight is 334 g/mol. The van der Waals surface area contributed by atoms with Crippen molar-refractivity contribution in [2.75, 3.05) is 19.4 Å². The maximum atomic E-state index is 13.2. The van der Waals surface area contributed by atoms with E-state index in [0.717, 1.165) is 38.5 Å². The fraction of sp³-hybridized carbons (Fsp3) is 1.00. The molecule has 0 fully saturated rings. The first kappa shape index (κ1) is 22.1. The van der Waals surface area contributed by atoms with Crippen molar-refractivity contribution in [3.05, 3.63) is 0 Å². The lowest BCUT2D eigenvalue weighted by molar-refractivity contribution is 0.152. The van der Waals surface area contributed by atoms with E-state index >= 15 is 0 Å². The Labute approximate surface area is 139 Å². The standard InChI is InChI=1S/C18H39O3P/c1-7-16(8-2)13-20-22(19,15-18(11-5)12-6)21-14-17(9-3)10-4/h16-18H,7-15H2,1-6H3. The van der Waals surface area contributed by atoms with Crippen molar-refractivity contribution in [2.24, 2.45) is 17.8 Å². The van der Waals surface area contributed by atoms with Crippen LogP contribution in [0, 0.1) is 17.8 Å². The Morgan fingerprint density at radius 1 is 0.636 bits per heavy atom. The largest absolute Gasteiger partial charge is 0.330 e. The third-order valence-electron chi connectivity index (χ3n) is 4.96. The van der Waals surface area contributed by atoms with E-state index in [2.05, 4.69) is 41.5 Å². The first-order valence-corrected chi connectivity index (χ1v) is 11.1. The lowest BCUT2D eigenvalue weighted by Crippen LogP contribution is -2.15. The number of rotatable bonds is 14. The Morgan fingerprint density at radius 3 is 1.23 bits per heavy atom. The van der Waals surface area contributed by atoms with Crippen LogP contribution in [0.3, 0.4) is 0 Å². The van der Waals surface area contributed by atoms with E-state index < -0.39 is 7.60 Å². The summed E-state index contributed by atoms with van der Waals surface area (Å²) in [4.78, 5) is 0. The molecule has 0 unspecified atom stereocenters. The summed E-state index contributed by atoms with van der Waals surface area (Å²) in [6.45, 7) is 14.1. The Kier molecular flexibility index (Phi) is 12.6. The van der Waals surface area contributed by atoms with Gasteiger partial charge < -0.3 is 9.05 Å². The van der Waals surface area contributed by atoms with Gasteiger partial charge in [-0.15, -0.1) is 0 Å². The summed E-state index contributed by atoms with van der Waals surface area (Å²) >= 11 is 0. The molecule has 0 saturated heterocycles. The van der Waals surface area contributed by atoms with Crippen molar-refractivity contribution in [2.45, 2.75) is 80.1 Å². The average Bonchev–Trinajstić information content (AvgIpc) is 2.54. The maximum absolute atomic E-state index is 13.2. The molecule has 0 aliphatic rings. The summed E-state index contributed by atoms with van der Waals surface area (Å²) in [6, 6.07) is 0. The highest BCUT2D eigenvalue weighted by molar-refractivity contribution is 7.53. The Morgan fingerprint density at radius 2 is 0.955 bits per heavy atom. The van der Waals surface area contributed by atoms with Gasteiger partial charge in [0.05, 0.1) is 19.4 Å². The maximum Gasteiger partial charge on any atom is 0.330 e. The van der Waals surface area contributed by atoms with Crippen LogP contribution in [0.1, 0.15) is 80.1 Å². The minimum atomic E-state index is -2.97. The third-order valence-corrected chi connectivity index (χ3v) is 7.01. The highest BCUT2D eigenvalue weighted by Crippen LogP contribution is 2.51. The highest BCUT2D eigenvalue weighted by atomic mass is 31.2. The molecule has 0 amide bonds. The molecule has 0 atom stereocenters. The molecule has 134 valence electrons. The summed E-state index contributed by atoms with van der Waals surface area (Å²) in [5.41, 5.74) is 0. The molecule has 0 bridgehead atoms. The van der Waals surface area contributed by atoms with Gasteiger partial charge in [-0.1, -0.05) is 80.1 Å². The van der Waals surface area contributed by atoms with Gasteiger partial charge >= 0.3 is 7.60 Å². The molecule has 22 heavy (non-hydrogen) atoms. The van der Waals surface area contributed by atoms with Gasteiger partial charge in [0, 0.05) is 0 Å². The summed E-state index contributed by atoms with van der Waals surface area (Å²) < 4.78 is 24.9. The van der Waals surface area contributed by atoms with Gasteiger partial charge in [0.15, 0.2) is 0 Å². The molecule has 0 N–H and O–H groups in total. The van der Waals surface area contributed by atoms with Gasteiger partial charge in [0.2, 0.25) is 0 Å². The van der Waals surface area contributed by atoms with Crippen molar-refractivity contribution < 1.29 is 13.6 Å². The molecule has 0 rings (SSSR count). The predicted molar refractivity (Wildman–Crippen MR) is 96.6 cm³/mol. The van der Waals surface area contributed by atoms with E-state index in [1.807, 2.05) is 0 Å². The Hall–Kier alpha value is 0.150. The van der Waals surface area contributed by atoms with Crippen LogP contribution in [0.2, 0.25) is 0 Å². The van der Waals surface area contributed by atoms with E-state index in [1.54, 1.807) is 0 Å². The minimum absolute atomic E-state index is 0.425. The van der Waals surface area contributed by atoms with Gasteiger partial charge in [-0.25, -0.2) is 0 Å². The van der Waals surface area contributed by atoms with Gasteiger partial charge in [-0.05, 0) is 17.8 Å². The Bertz CT molecular complexity index is 275. The van der Waals surface area contributed by atoms with Crippen LogP contribution in [0.5, 0.6) is 0 Å². The molecule has 0 saturated carbocycles. The molecule has 0 heterocycles. The molecule has 0 aliphatic carbocycles. The zero-order chi connectivity index (χ0) is 17.0.